The Morgan fingerprint density at radius 1 is 1.21 bits per heavy atom. The average molecular weight is 393 g/mol. The monoisotopic (exact) mass is 392 g/mol. The summed E-state index contributed by atoms with van der Waals surface area (Å²) in [6.07, 6.45) is 3.64. The molecule has 3 rings (SSSR count). The first kappa shape index (κ1) is 20.6. The summed E-state index contributed by atoms with van der Waals surface area (Å²) in [4.78, 5) is 20.2. The summed E-state index contributed by atoms with van der Waals surface area (Å²) in [5.74, 6) is 0.539. The molecule has 6 nitrogen and oxygen atoms in total. The maximum Gasteiger partial charge on any atom is 0.268 e. The lowest BCUT2D eigenvalue weighted by Crippen LogP contribution is -2.31. The fraction of sp³-hybridized carbons (Fsp3) is 0.304. The Kier molecular flexibility index (Phi) is 6.34. The number of aromatic nitrogens is 2. The molecule has 1 amide bonds. The van der Waals surface area contributed by atoms with Crippen LogP contribution in [0.2, 0.25) is 0 Å². The van der Waals surface area contributed by atoms with Crippen LogP contribution in [-0.2, 0) is 0 Å². The van der Waals surface area contributed by atoms with Gasteiger partial charge < -0.3 is 20.7 Å². The van der Waals surface area contributed by atoms with E-state index in [2.05, 4.69) is 34.4 Å². The third-order valence-corrected chi connectivity index (χ3v) is 4.71. The van der Waals surface area contributed by atoms with Crippen molar-refractivity contribution in [3.8, 4) is 11.1 Å². The number of nitrogens with zero attached hydrogens (tertiary/aromatic N) is 1. The SMILES string of the molecule is Cc1cccc(C(CO)NC(=O)c2cc(-c3cc(NC(C)C)ncc3C)c[nH]2)c1. The van der Waals surface area contributed by atoms with Gasteiger partial charge in [-0.1, -0.05) is 29.8 Å². The van der Waals surface area contributed by atoms with Crippen molar-refractivity contribution in [2.24, 2.45) is 0 Å². The van der Waals surface area contributed by atoms with E-state index in [9.17, 15) is 9.90 Å². The second kappa shape index (κ2) is 8.92. The van der Waals surface area contributed by atoms with Gasteiger partial charge in [0.25, 0.3) is 5.91 Å². The van der Waals surface area contributed by atoms with Crippen LogP contribution in [0.5, 0.6) is 0 Å². The van der Waals surface area contributed by atoms with Crippen molar-refractivity contribution in [3.05, 3.63) is 71.2 Å². The highest BCUT2D eigenvalue weighted by atomic mass is 16.3. The number of nitrogens with one attached hydrogen (secondary N) is 3. The van der Waals surface area contributed by atoms with Crippen molar-refractivity contribution < 1.29 is 9.90 Å². The van der Waals surface area contributed by atoms with Gasteiger partial charge in [-0.05, 0) is 56.5 Å². The van der Waals surface area contributed by atoms with Gasteiger partial charge in [-0.2, -0.15) is 0 Å². The van der Waals surface area contributed by atoms with Gasteiger partial charge in [-0.25, -0.2) is 4.98 Å². The minimum absolute atomic E-state index is 0.170. The van der Waals surface area contributed by atoms with E-state index in [-0.39, 0.29) is 18.6 Å². The molecule has 1 unspecified atom stereocenters. The highest BCUT2D eigenvalue weighted by Crippen LogP contribution is 2.26. The van der Waals surface area contributed by atoms with Crippen LogP contribution in [0.4, 0.5) is 5.82 Å². The van der Waals surface area contributed by atoms with Gasteiger partial charge in [0.1, 0.15) is 11.5 Å². The van der Waals surface area contributed by atoms with Crippen molar-refractivity contribution >= 4 is 11.7 Å². The molecule has 0 saturated carbocycles. The number of aryl methyl sites for hydroxylation is 2. The maximum absolute atomic E-state index is 12.7. The van der Waals surface area contributed by atoms with E-state index in [1.165, 1.54) is 0 Å². The molecule has 4 N–H and O–H groups in total. The van der Waals surface area contributed by atoms with E-state index in [1.807, 2.05) is 62.6 Å². The smallest absolute Gasteiger partial charge is 0.268 e. The summed E-state index contributed by atoms with van der Waals surface area (Å²) >= 11 is 0. The molecule has 0 fully saturated rings. The lowest BCUT2D eigenvalue weighted by molar-refractivity contribution is 0.0911. The number of aliphatic hydroxyl groups is 1. The molecule has 6 heteroatoms. The van der Waals surface area contributed by atoms with Crippen LogP contribution in [0.3, 0.4) is 0 Å². The van der Waals surface area contributed by atoms with E-state index in [0.717, 1.165) is 33.6 Å². The van der Waals surface area contributed by atoms with Crippen molar-refractivity contribution in [1.29, 1.82) is 0 Å². The number of carbonyl (C=O) groups excluding carboxylic acids is 1. The number of amides is 1. The standard InChI is InChI=1S/C23H28N4O2/c1-14(2)26-22-10-19(16(4)11-25-22)18-9-20(24-12-18)23(29)27-21(13-28)17-7-5-6-15(3)8-17/h5-12,14,21,24,28H,13H2,1-4H3,(H,25,26)(H,27,29). The number of anilines is 1. The third kappa shape index (κ3) is 5.03. The first-order chi connectivity index (χ1) is 13.9. The Hall–Kier alpha value is -3.12. The minimum atomic E-state index is -0.460. The average Bonchev–Trinajstić information content (AvgIpc) is 3.17. The number of hydrogen-bond acceptors (Lipinski definition) is 4. The molecule has 0 aliphatic rings. The molecule has 0 aliphatic carbocycles. The fourth-order valence-electron chi connectivity index (χ4n) is 3.25. The van der Waals surface area contributed by atoms with Gasteiger partial charge in [0.15, 0.2) is 0 Å². The fourth-order valence-corrected chi connectivity index (χ4v) is 3.25. The van der Waals surface area contributed by atoms with E-state index >= 15 is 0 Å². The summed E-state index contributed by atoms with van der Waals surface area (Å²) in [7, 11) is 0. The number of H-pyrrole nitrogens is 1. The first-order valence-electron chi connectivity index (χ1n) is 9.77. The zero-order valence-corrected chi connectivity index (χ0v) is 17.3. The first-order valence-corrected chi connectivity index (χ1v) is 9.77. The highest BCUT2D eigenvalue weighted by molar-refractivity contribution is 5.94. The Labute approximate surface area is 171 Å². The number of carbonyl (C=O) groups is 1. The molecule has 0 saturated heterocycles. The molecule has 0 radical (unpaired) electrons. The van der Waals surface area contributed by atoms with Crippen LogP contribution in [0.1, 0.15) is 47.1 Å². The van der Waals surface area contributed by atoms with Crippen molar-refractivity contribution in [1.82, 2.24) is 15.3 Å². The molecule has 152 valence electrons. The normalized spacial score (nSPS) is 12.1. The van der Waals surface area contributed by atoms with Gasteiger partial charge in [-0.15, -0.1) is 0 Å². The van der Waals surface area contributed by atoms with Crippen LogP contribution in [0.25, 0.3) is 11.1 Å². The van der Waals surface area contributed by atoms with Crippen LogP contribution < -0.4 is 10.6 Å². The van der Waals surface area contributed by atoms with E-state index < -0.39 is 6.04 Å². The zero-order chi connectivity index (χ0) is 21.0. The summed E-state index contributed by atoms with van der Waals surface area (Å²) in [5.41, 5.74) is 5.35. The van der Waals surface area contributed by atoms with Crippen molar-refractivity contribution in [2.45, 2.75) is 39.8 Å². The van der Waals surface area contributed by atoms with Gasteiger partial charge in [0, 0.05) is 24.0 Å². The maximum atomic E-state index is 12.7. The second-order valence-corrected chi connectivity index (χ2v) is 7.61. The van der Waals surface area contributed by atoms with Crippen molar-refractivity contribution in [3.63, 3.8) is 0 Å². The lowest BCUT2D eigenvalue weighted by atomic mass is 10.0. The largest absolute Gasteiger partial charge is 0.394 e. The van der Waals surface area contributed by atoms with Crippen LogP contribution >= 0.6 is 0 Å². The molecular formula is C23H28N4O2. The van der Waals surface area contributed by atoms with Gasteiger partial charge in [0.2, 0.25) is 0 Å². The number of aromatic amines is 1. The predicted molar refractivity (Wildman–Crippen MR) is 116 cm³/mol. The Balaban J connectivity index is 1.79. The molecule has 0 bridgehead atoms. The molecule has 3 aromatic rings. The number of rotatable bonds is 7. The summed E-state index contributed by atoms with van der Waals surface area (Å²) < 4.78 is 0. The number of hydrogen-bond donors (Lipinski definition) is 4. The topological polar surface area (TPSA) is 90.0 Å². The number of benzene rings is 1. The predicted octanol–water partition coefficient (Wildman–Crippen LogP) is 3.98. The summed E-state index contributed by atoms with van der Waals surface area (Å²) in [6, 6.07) is 11.4. The third-order valence-electron chi connectivity index (χ3n) is 4.71. The van der Waals surface area contributed by atoms with Crippen molar-refractivity contribution in [2.75, 3.05) is 11.9 Å². The number of pyridine rings is 1. The van der Waals surface area contributed by atoms with E-state index in [0.29, 0.717) is 5.69 Å². The minimum Gasteiger partial charge on any atom is -0.394 e. The van der Waals surface area contributed by atoms with Crippen LogP contribution in [0.15, 0.2) is 48.8 Å². The molecule has 29 heavy (non-hydrogen) atoms. The molecular weight excluding hydrogens is 364 g/mol. The van der Waals surface area contributed by atoms with E-state index in [4.69, 9.17) is 0 Å². The second-order valence-electron chi connectivity index (χ2n) is 7.61. The van der Waals surface area contributed by atoms with Crippen LogP contribution in [0, 0.1) is 13.8 Å². The zero-order valence-electron chi connectivity index (χ0n) is 17.3. The molecule has 2 aromatic heterocycles. The van der Waals surface area contributed by atoms with Crippen LogP contribution in [-0.4, -0.2) is 33.6 Å². The Morgan fingerprint density at radius 3 is 2.69 bits per heavy atom. The summed E-state index contributed by atoms with van der Waals surface area (Å²) in [6.45, 7) is 7.93. The molecule has 0 spiro atoms. The summed E-state index contributed by atoms with van der Waals surface area (Å²) in [5, 5.41) is 15.9. The molecule has 1 aromatic carbocycles. The lowest BCUT2D eigenvalue weighted by Gasteiger charge is -2.16. The van der Waals surface area contributed by atoms with Gasteiger partial charge in [0.05, 0.1) is 12.6 Å². The molecule has 0 aliphatic heterocycles. The van der Waals surface area contributed by atoms with Gasteiger partial charge in [-0.3, -0.25) is 4.79 Å². The van der Waals surface area contributed by atoms with E-state index in [1.54, 1.807) is 0 Å². The molecule has 2 heterocycles. The highest BCUT2D eigenvalue weighted by Gasteiger charge is 2.17. The Bertz CT molecular complexity index is 994. The quantitative estimate of drug-likeness (QED) is 0.490. The number of aliphatic hydroxyl groups excluding tert-OH is 1. The Morgan fingerprint density at radius 2 is 2.00 bits per heavy atom. The molecule has 1 atom stereocenters. The van der Waals surface area contributed by atoms with Gasteiger partial charge >= 0.3 is 0 Å².